The number of likely N-dealkylation sites (tertiary alicyclic amines) is 7. The third-order valence-corrected chi connectivity index (χ3v) is 21.3. The first-order valence-electron chi connectivity index (χ1n) is 38.2. The van der Waals surface area contributed by atoms with E-state index in [0.717, 1.165) is 96.4 Å². The van der Waals surface area contributed by atoms with E-state index in [1.54, 1.807) is 24.5 Å². The zero-order valence-electron chi connectivity index (χ0n) is 69.2. The first-order valence-corrected chi connectivity index (χ1v) is 38.2. The highest BCUT2D eigenvalue weighted by Gasteiger charge is 2.50. The topological polar surface area (TPSA) is 326 Å². The standard InChI is InChI=1S/2C15H25NO3.3C11H17NO3.2C10H15NO3.2CH4/c1-7-12(17)16-14(2,3)9-11(8-13(18)19-6)10-15(16,4)5;1-7-12(17)16-14(2,3)9-8-11(15(16,4)5)10-13(18)19-6;1-3-10(13)12-6-4-9(5-7-12)8-11(14)15-2;1-3-10(13)12-6-4-5-9(8-12)7-11(14)15-2;1-3-10(13)12-7-5-4-6-9(12)8-11(14)15-2;1-3-9(12)11-5-4-8(7-11)6-10(13)14-2;1-3-9(12)11-6-4-5-8(11)7-10(13)14-2;;/h2*7,11H,1,8-10H2,2-6H3;3*3,9H,1,4-8H2,2H3;2*3,8H,1,4-7H2,2H3;2*1H4. The van der Waals surface area contributed by atoms with Crippen LogP contribution in [0.1, 0.15) is 205 Å². The molecule has 0 saturated carbocycles. The third kappa shape index (κ3) is 35.8. The molecule has 0 aliphatic carbocycles. The van der Waals surface area contributed by atoms with Crippen LogP contribution in [0.25, 0.3) is 0 Å². The van der Waals surface area contributed by atoms with Crippen molar-refractivity contribution in [3.63, 3.8) is 0 Å². The Kier molecular flexibility index (Phi) is 49.6. The van der Waals surface area contributed by atoms with Gasteiger partial charge in [-0.2, -0.15) is 0 Å². The average Bonchev–Trinajstić information content (AvgIpc) is 1.01. The molecule has 28 nitrogen and oxygen atoms in total. The van der Waals surface area contributed by atoms with Gasteiger partial charge >= 0.3 is 41.8 Å². The molecule has 5 unspecified atom stereocenters. The zero-order chi connectivity index (χ0) is 84.6. The molecule has 7 amide bonds. The molecule has 113 heavy (non-hydrogen) atoms. The fourth-order valence-electron chi connectivity index (χ4n) is 15.9. The molecule has 0 bridgehead atoms. The van der Waals surface area contributed by atoms with Crippen molar-refractivity contribution in [1.29, 1.82) is 0 Å². The Morgan fingerprint density at radius 1 is 0.310 bits per heavy atom. The SMILES string of the molecule is C.C.C=CC(=O)N1C(C)(C)CC(CC(=O)OC)CC1(C)C.C=CC(=O)N1C(C)(C)CCC(CC(=O)OC)C1(C)C.C=CC(=O)N1CCC(CC(=O)OC)C1.C=CC(=O)N1CCC(CC(=O)OC)CC1.C=CC(=O)N1CCCC(CC(=O)OC)C1.C=CC(=O)N1CCCC1CC(=O)OC.C=CC(=O)N1CCCCC1CC(=O)OC. The quantitative estimate of drug-likeness (QED) is 0.0585. The Morgan fingerprint density at radius 3 is 1.03 bits per heavy atom. The maximum Gasteiger partial charge on any atom is 0.307 e. The number of rotatable bonds is 21. The highest BCUT2D eigenvalue weighted by molar-refractivity contribution is 5.91. The van der Waals surface area contributed by atoms with Crippen LogP contribution < -0.4 is 0 Å². The van der Waals surface area contributed by atoms with Crippen molar-refractivity contribution in [2.45, 2.75) is 239 Å². The molecule has 7 rings (SSSR count). The van der Waals surface area contributed by atoms with Gasteiger partial charge < -0.3 is 67.5 Å². The third-order valence-electron chi connectivity index (χ3n) is 21.3. The van der Waals surface area contributed by atoms with Gasteiger partial charge in [-0.15, -0.1) is 0 Å². The molecule has 0 spiro atoms. The maximum atomic E-state index is 12.2. The summed E-state index contributed by atoms with van der Waals surface area (Å²) < 4.78 is 32.5. The molecule has 7 saturated heterocycles. The Hall–Kier alpha value is -9.24. The van der Waals surface area contributed by atoms with Gasteiger partial charge in [-0.3, -0.25) is 67.1 Å². The lowest BCUT2D eigenvalue weighted by atomic mass is 9.71. The summed E-state index contributed by atoms with van der Waals surface area (Å²) in [6.07, 6.45) is 24.5. The van der Waals surface area contributed by atoms with Gasteiger partial charge in [0, 0.05) is 106 Å². The molecule has 7 aliphatic rings. The largest absolute Gasteiger partial charge is 0.469 e. The maximum absolute atomic E-state index is 12.2. The van der Waals surface area contributed by atoms with Gasteiger partial charge in [-0.1, -0.05) is 60.9 Å². The Bertz CT molecular complexity index is 3190. The second-order valence-electron chi connectivity index (χ2n) is 30.8. The minimum absolute atomic E-state index is 0. The van der Waals surface area contributed by atoms with Crippen molar-refractivity contribution in [3.8, 4) is 0 Å². The molecule has 0 aromatic rings. The number of ether oxygens (including phenoxy) is 7. The second-order valence-corrected chi connectivity index (χ2v) is 30.8. The van der Waals surface area contributed by atoms with Crippen LogP contribution in [-0.2, 0) is 100 Å². The molecular formula is C85H139N7O21. The molecular weight excluding hydrogens is 1450 g/mol. The molecule has 0 aromatic carbocycles. The molecule has 5 atom stereocenters. The van der Waals surface area contributed by atoms with Gasteiger partial charge in [0.15, 0.2) is 0 Å². The van der Waals surface area contributed by atoms with Crippen LogP contribution in [0.3, 0.4) is 0 Å². The summed E-state index contributed by atoms with van der Waals surface area (Å²) in [5.41, 5.74) is -1.18. The van der Waals surface area contributed by atoms with Crippen molar-refractivity contribution >= 4 is 83.1 Å². The Balaban J connectivity index is 0. The van der Waals surface area contributed by atoms with E-state index in [0.29, 0.717) is 83.8 Å². The van der Waals surface area contributed by atoms with Crippen molar-refractivity contribution in [3.05, 3.63) is 88.6 Å². The van der Waals surface area contributed by atoms with E-state index in [9.17, 15) is 67.1 Å². The first-order chi connectivity index (χ1) is 52.2. The molecule has 0 aromatic heterocycles. The summed E-state index contributed by atoms with van der Waals surface area (Å²) in [5.74, 6) is -0.772. The van der Waals surface area contributed by atoms with Crippen LogP contribution in [-0.4, -0.2) is 254 Å². The molecule has 0 N–H and O–H groups in total. The minimum atomic E-state index is -0.388. The highest BCUT2D eigenvalue weighted by Crippen LogP contribution is 2.45. The number of nitrogens with zero attached hydrogens (tertiary/aromatic N) is 7. The fourth-order valence-corrected chi connectivity index (χ4v) is 15.9. The summed E-state index contributed by atoms with van der Waals surface area (Å²) >= 11 is 0. The predicted molar refractivity (Wildman–Crippen MR) is 434 cm³/mol. The monoisotopic (exact) mass is 1590 g/mol. The van der Waals surface area contributed by atoms with E-state index in [4.69, 9.17) is 9.47 Å². The number of esters is 7. The second kappa shape index (κ2) is 53.0. The average molecular weight is 1600 g/mol. The van der Waals surface area contributed by atoms with Crippen molar-refractivity contribution in [2.24, 2.45) is 29.6 Å². The summed E-state index contributed by atoms with van der Waals surface area (Å²) in [7, 11) is 9.70. The molecule has 7 fully saturated rings. The first kappa shape index (κ1) is 106. The Labute approximate surface area is 674 Å². The van der Waals surface area contributed by atoms with Crippen molar-refractivity contribution in [1.82, 2.24) is 34.3 Å². The van der Waals surface area contributed by atoms with Crippen LogP contribution in [0.2, 0.25) is 0 Å². The normalized spacial score (nSPS) is 20.8. The van der Waals surface area contributed by atoms with Gasteiger partial charge in [0.05, 0.1) is 75.5 Å². The summed E-state index contributed by atoms with van der Waals surface area (Å²) in [6.45, 7) is 46.3. The van der Waals surface area contributed by atoms with Gasteiger partial charge in [0.25, 0.3) is 0 Å². The summed E-state index contributed by atoms with van der Waals surface area (Å²) in [5, 5.41) is 0. The van der Waals surface area contributed by atoms with E-state index in [-0.39, 0.29) is 169 Å². The molecule has 7 aliphatic heterocycles. The van der Waals surface area contributed by atoms with E-state index < -0.39 is 0 Å². The molecule has 7 heterocycles. The Morgan fingerprint density at radius 2 is 0.619 bits per heavy atom. The molecule has 0 radical (unpaired) electrons. The minimum Gasteiger partial charge on any atom is -0.469 e. The number of hydrogen-bond donors (Lipinski definition) is 0. The lowest BCUT2D eigenvalue weighted by Crippen LogP contribution is -2.64. The van der Waals surface area contributed by atoms with Gasteiger partial charge in [-0.05, 0) is 217 Å². The van der Waals surface area contributed by atoms with E-state index in [1.165, 1.54) is 92.3 Å². The van der Waals surface area contributed by atoms with E-state index >= 15 is 0 Å². The number of amides is 7. The number of hydrogen-bond acceptors (Lipinski definition) is 21. The number of piperidine rings is 5. The van der Waals surface area contributed by atoms with Gasteiger partial charge in [0.1, 0.15) is 0 Å². The summed E-state index contributed by atoms with van der Waals surface area (Å²) in [4.78, 5) is 172. The highest BCUT2D eigenvalue weighted by atomic mass is 16.5. The molecule has 28 heteroatoms. The molecule has 640 valence electrons. The smallest absolute Gasteiger partial charge is 0.307 e. The van der Waals surface area contributed by atoms with Crippen LogP contribution in [0, 0.1) is 29.6 Å². The van der Waals surface area contributed by atoms with E-state index in [2.05, 4.69) is 83.6 Å². The van der Waals surface area contributed by atoms with Gasteiger partial charge in [-0.25, -0.2) is 0 Å². The number of carbonyl (C=O) groups excluding carboxylic acids is 14. The lowest BCUT2D eigenvalue weighted by Gasteiger charge is -2.56. The predicted octanol–water partition coefficient (Wildman–Crippen LogP) is 10.7. The zero-order valence-corrected chi connectivity index (χ0v) is 69.2. The van der Waals surface area contributed by atoms with Crippen molar-refractivity contribution < 1.29 is 100 Å². The van der Waals surface area contributed by atoms with Crippen LogP contribution in [0.4, 0.5) is 0 Å². The fraction of sp³-hybridized carbons (Fsp3) is 0.671. The van der Waals surface area contributed by atoms with E-state index in [1.807, 2.05) is 51.3 Å². The number of carbonyl (C=O) groups is 14. The van der Waals surface area contributed by atoms with Gasteiger partial charge in [0.2, 0.25) is 41.4 Å². The van der Waals surface area contributed by atoms with Crippen molar-refractivity contribution in [2.75, 3.05) is 102 Å². The number of methoxy groups -OCH3 is 7. The lowest BCUT2D eigenvalue weighted by molar-refractivity contribution is -0.155. The van der Waals surface area contributed by atoms with Crippen LogP contribution >= 0.6 is 0 Å². The van der Waals surface area contributed by atoms with Crippen LogP contribution in [0.15, 0.2) is 88.6 Å². The van der Waals surface area contributed by atoms with Crippen LogP contribution in [0.5, 0.6) is 0 Å². The summed E-state index contributed by atoms with van der Waals surface area (Å²) in [6, 6.07) is -0.0235.